The Balaban J connectivity index is 2.32. The lowest BCUT2D eigenvalue weighted by Gasteiger charge is -2.16. The maximum Gasteiger partial charge on any atom is 0.294 e. The van der Waals surface area contributed by atoms with Crippen LogP contribution in [-0.2, 0) is 10.1 Å². The number of carbonyl (C=O) groups is 1. The highest BCUT2D eigenvalue weighted by molar-refractivity contribution is 7.85. The fraction of sp³-hybridized carbons (Fsp3) is 0.235. The van der Waals surface area contributed by atoms with Crippen LogP contribution in [0.5, 0.6) is 11.5 Å². The molecule has 0 atom stereocenters. The predicted octanol–water partition coefficient (Wildman–Crippen LogP) is 2.57. The fourth-order valence-electron chi connectivity index (χ4n) is 2.24. The van der Waals surface area contributed by atoms with Crippen molar-refractivity contribution in [3.8, 4) is 11.5 Å². The van der Waals surface area contributed by atoms with Crippen LogP contribution in [0, 0.1) is 0 Å². The molecule has 0 heterocycles. The molecule has 9 heteroatoms. The zero-order valence-electron chi connectivity index (χ0n) is 14.4. The lowest BCUT2D eigenvalue weighted by atomic mass is 10.2. The number of nitrogen functional groups attached to an aromatic ring is 1. The van der Waals surface area contributed by atoms with E-state index in [-0.39, 0.29) is 10.5 Å². The van der Waals surface area contributed by atoms with Crippen LogP contribution in [0.15, 0.2) is 41.3 Å². The minimum atomic E-state index is -4.32. The van der Waals surface area contributed by atoms with Gasteiger partial charge in [0.05, 0.1) is 29.5 Å². The molecule has 8 nitrogen and oxygen atoms in total. The van der Waals surface area contributed by atoms with Gasteiger partial charge in [0.1, 0.15) is 5.75 Å². The first kappa shape index (κ1) is 19.5. The Hall–Kier alpha value is -2.78. The van der Waals surface area contributed by atoms with Gasteiger partial charge in [-0.25, -0.2) is 0 Å². The van der Waals surface area contributed by atoms with Crippen LogP contribution >= 0.6 is 0 Å². The number of rotatable bonds is 7. The molecule has 0 unspecified atom stereocenters. The van der Waals surface area contributed by atoms with Gasteiger partial charge in [0.2, 0.25) is 0 Å². The molecule has 0 aromatic heterocycles. The number of benzene rings is 2. The van der Waals surface area contributed by atoms with Gasteiger partial charge in [0.25, 0.3) is 16.0 Å². The van der Waals surface area contributed by atoms with Crippen molar-refractivity contribution in [3.63, 3.8) is 0 Å². The summed E-state index contributed by atoms with van der Waals surface area (Å²) in [6.45, 7) is 4.39. The van der Waals surface area contributed by atoms with Crippen LogP contribution in [0.25, 0.3) is 0 Å². The Labute approximate surface area is 151 Å². The van der Waals surface area contributed by atoms with Crippen molar-refractivity contribution in [2.24, 2.45) is 0 Å². The van der Waals surface area contributed by atoms with Gasteiger partial charge >= 0.3 is 0 Å². The molecule has 0 aliphatic rings. The summed E-state index contributed by atoms with van der Waals surface area (Å²) in [5.41, 5.74) is 6.81. The summed E-state index contributed by atoms with van der Waals surface area (Å²) in [5.74, 6) is 0.297. The van der Waals surface area contributed by atoms with Gasteiger partial charge in [-0.05, 0) is 38.1 Å². The van der Waals surface area contributed by atoms with E-state index in [1.165, 1.54) is 12.1 Å². The standard InChI is InChI=1S/C17H20N2O6S/c1-3-24-12-9-14(18)16(25-4-2)15(10-12)19-17(20)11-5-7-13(8-6-11)26(21,22)23/h5-10H,3-4,18H2,1-2H3,(H,19,20)(H,21,22,23). The second-order valence-corrected chi connectivity index (χ2v) is 6.63. The van der Waals surface area contributed by atoms with E-state index in [0.717, 1.165) is 12.1 Å². The maximum absolute atomic E-state index is 12.5. The van der Waals surface area contributed by atoms with Crippen LogP contribution in [0.2, 0.25) is 0 Å². The van der Waals surface area contributed by atoms with Crippen molar-refractivity contribution in [2.75, 3.05) is 24.3 Å². The number of carbonyl (C=O) groups excluding carboxylic acids is 1. The van der Waals surface area contributed by atoms with Crippen LogP contribution < -0.4 is 20.5 Å². The van der Waals surface area contributed by atoms with Crippen molar-refractivity contribution in [1.82, 2.24) is 0 Å². The van der Waals surface area contributed by atoms with Gasteiger partial charge in [-0.15, -0.1) is 0 Å². The molecule has 1 amide bonds. The van der Waals surface area contributed by atoms with Crippen molar-refractivity contribution in [3.05, 3.63) is 42.0 Å². The summed E-state index contributed by atoms with van der Waals surface area (Å²) in [7, 11) is -4.32. The lowest BCUT2D eigenvalue weighted by Crippen LogP contribution is -2.14. The highest BCUT2D eigenvalue weighted by Crippen LogP contribution is 2.36. The Morgan fingerprint density at radius 3 is 2.27 bits per heavy atom. The van der Waals surface area contributed by atoms with Crippen molar-refractivity contribution in [2.45, 2.75) is 18.7 Å². The molecule has 0 radical (unpaired) electrons. The van der Waals surface area contributed by atoms with Gasteiger partial charge in [-0.3, -0.25) is 9.35 Å². The average Bonchev–Trinajstić information content (AvgIpc) is 2.57. The lowest BCUT2D eigenvalue weighted by molar-refractivity contribution is 0.102. The monoisotopic (exact) mass is 380 g/mol. The van der Waals surface area contributed by atoms with Crippen LogP contribution in [-0.4, -0.2) is 32.1 Å². The minimum absolute atomic E-state index is 0.195. The topological polar surface area (TPSA) is 128 Å². The number of nitrogens with one attached hydrogen (secondary N) is 1. The molecule has 0 bridgehead atoms. The van der Waals surface area contributed by atoms with E-state index < -0.39 is 16.0 Å². The predicted molar refractivity (Wildman–Crippen MR) is 97.4 cm³/mol. The molecule has 4 N–H and O–H groups in total. The van der Waals surface area contributed by atoms with Gasteiger partial charge in [0.15, 0.2) is 5.75 Å². The van der Waals surface area contributed by atoms with Crippen LogP contribution in [0.1, 0.15) is 24.2 Å². The Morgan fingerprint density at radius 1 is 1.12 bits per heavy atom. The summed E-state index contributed by atoms with van der Waals surface area (Å²) < 4.78 is 42.0. The number of nitrogens with two attached hydrogens (primary N) is 1. The molecule has 140 valence electrons. The highest BCUT2D eigenvalue weighted by Gasteiger charge is 2.16. The van der Waals surface area contributed by atoms with E-state index in [2.05, 4.69) is 5.32 Å². The Morgan fingerprint density at radius 2 is 1.73 bits per heavy atom. The van der Waals surface area contributed by atoms with E-state index in [9.17, 15) is 13.2 Å². The van der Waals surface area contributed by atoms with Crippen LogP contribution in [0.3, 0.4) is 0 Å². The summed E-state index contributed by atoms with van der Waals surface area (Å²) >= 11 is 0. The van der Waals surface area contributed by atoms with Gasteiger partial charge in [0, 0.05) is 17.7 Å². The quantitative estimate of drug-likeness (QED) is 0.497. The molecule has 0 saturated carbocycles. The molecular weight excluding hydrogens is 360 g/mol. The van der Waals surface area contributed by atoms with Crippen LogP contribution in [0.4, 0.5) is 11.4 Å². The molecule has 0 spiro atoms. The third kappa shape index (κ3) is 4.64. The molecule has 0 aliphatic heterocycles. The smallest absolute Gasteiger partial charge is 0.294 e. The molecule has 2 aromatic rings. The Bertz CT molecular complexity index is 894. The summed E-state index contributed by atoms with van der Waals surface area (Å²) in [5, 5.41) is 2.67. The normalized spacial score (nSPS) is 11.0. The fourth-order valence-corrected chi connectivity index (χ4v) is 2.72. The van der Waals surface area contributed by atoms with Crippen molar-refractivity contribution >= 4 is 27.4 Å². The van der Waals surface area contributed by atoms with E-state index in [1.54, 1.807) is 19.1 Å². The number of amides is 1. The van der Waals surface area contributed by atoms with Gasteiger partial charge < -0.3 is 20.5 Å². The molecule has 0 saturated heterocycles. The van der Waals surface area contributed by atoms with E-state index in [4.69, 9.17) is 19.8 Å². The number of anilines is 2. The second-order valence-electron chi connectivity index (χ2n) is 5.21. The number of hydrogen-bond donors (Lipinski definition) is 3. The minimum Gasteiger partial charge on any atom is -0.494 e. The SMILES string of the molecule is CCOc1cc(N)c(OCC)c(NC(=O)c2ccc(S(=O)(=O)O)cc2)c1. The van der Waals surface area contributed by atoms with Gasteiger partial charge in [-0.2, -0.15) is 8.42 Å². The average molecular weight is 380 g/mol. The number of hydrogen-bond acceptors (Lipinski definition) is 6. The maximum atomic E-state index is 12.5. The molecule has 26 heavy (non-hydrogen) atoms. The first-order valence-electron chi connectivity index (χ1n) is 7.84. The molecular formula is C17H20N2O6S. The van der Waals surface area contributed by atoms with E-state index in [1.807, 2.05) is 6.92 Å². The number of ether oxygens (including phenoxy) is 2. The first-order valence-corrected chi connectivity index (χ1v) is 9.28. The second kappa shape index (κ2) is 8.07. The summed E-state index contributed by atoms with van der Waals surface area (Å²) in [4.78, 5) is 12.2. The van der Waals surface area contributed by atoms with Crippen molar-refractivity contribution < 1.29 is 27.2 Å². The summed E-state index contributed by atoms with van der Waals surface area (Å²) in [6, 6.07) is 8.04. The van der Waals surface area contributed by atoms with E-state index in [0.29, 0.717) is 36.1 Å². The summed E-state index contributed by atoms with van der Waals surface area (Å²) in [6.07, 6.45) is 0. The zero-order chi connectivity index (χ0) is 19.3. The third-order valence-corrected chi connectivity index (χ3v) is 4.22. The first-order chi connectivity index (χ1) is 12.3. The molecule has 0 fully saturated rings. The van der Waals surface area contributed by atoms with E-state index >= 15 is 0 Å². The largest absolute Gasteiger partial charge is 0.494 e. The Kier molecular flexibility index (Phi) is 6.06. The van der Waals surface area contributed by atoms with Crippen molar-refractivity contribution in [1.29, 1.82) is 0 Å². The molecule has 2 aromatic carbocycles. The zero-order valence-corrected chi connectivity index (χ0v) is 15.2. The third-order valence-electron chi connectivity index (χ3n) is 3.35. The molecule has 2 rings (SSSR count). The van der Waals surface area contributed by atoms with Gasteiger partial charge in [-0.1, -0.05) is 0 Å². The highest BCUT2D eigenvalue weighted by atomic mass is 32.2. The molecule has 0 aliphatic carbocycles.